The van der Waals surface area contributed by atoms with Gasteiger partial charge < -0.3 is 20.1 Å². The quantitative estimate of drug-likeness (QED) is 0.595. The van der Waals surface area contributed by atoms with Crippen molar-refractivity contribution in [3.05, 3.63) is 65.5 Å². The molecule has 2 N–H and O–H groups in total. The van der Waals surface area contributed by atoms with Crippen LogP contribution in [-0.4, -0.2) is 47.7 Å². The highest BCUT2D eigenvalue weighted by atomic mass is 19.1. The van der Waals surface area contributed by atoms with Gasteiger partial charge in [0.05, 0.1) is 12.2 Å². The van der Waals surface area contributed by atoms with Crippen LogP contribution >= 0.6 is 0 Å². The van der Waals surface area contributed by atoms with Crippen molar-refractivity contribution < 1.29 is 23.8 Å². The first-order chi connectivity index (χ1) is 15.1. The van der Waals surface area contributed by atoms with Gasteiger partial charge in [0.2, 0.25) is 0 Å². The van der Waals surface area contributed by atoms with E-state index in [1.54, 1.807) is 41.3 Å². The lowest BCUT2D eigenvalue weighted by molar-refractivity contribution is -0.138. The van der Waals surface area contributed by atoms with Gasteiger partial charge in [-0.25, -0.2) is 9.18 Å². The second-order valence-electron chi connectivity index (χ2n) is 7.71. The molecule has 0 spiro atoms. The number of amides is 1. The smallest absolute Gasteiger partial charge is 0.340 e. The Hall–Kier alpha value is -2.93. The maximum absolute atomic E-state index is 13.3. The summed E-state index contributed by atoms with van der Waals surface area (Å²) in [6.07, 6.45) is 5.09. The van der Waals surface area contributed by atoms with Crippen molar-refractivity contribution in [2.75, 3.05) is 25.1 Å². The second kappa shape index (κ2) is 11.5. The maximum Gasteiger partial charge on any atom is 0.340 e. The lowest BCUT2D eigenvalue weighted by Crippen LogP contribution is -2.43. The first kappa shape index (κ1) is 22.7. The van der Waals surface area contributed by atoms with Crippen LogP contribution in [0.2, 0.25) is 0 Å². The van der Waals surface area contributed by atoms with E-state index in [0.717, 1.165) is 37.7 Å². The number of aliphatic hydroxyl groups excluding tert-OH is 1. The van der Waals surface area contributed by atoms with Crippen molar-refractivity contribution in [2.45, 2.75) is 44.7 Å². The van der Waals surface area contributed by atoms with Gasteiger partial charge in [-0.15, -0.1) is 0 Å². The number of carbonyl (C=O) groups excluding carboxylic acids is 2. The van der Waals surface area contributed by atoms with Gasteiger partial charge in [0.15, 0.2) is 6.61 Å². The molecule has 2 aromatic rings. The molecule has 3 rings (SSSR count). The number of para-hydroxylation sites is 1. The summed E-state index contributed by atoms with van der Waals surface area (Å²) in [6.45, 7) is 0.235. The Kier molecular flexibility index (Phi) is 8.41. The number of ether oxygens (including phenoxy) is 1. The summed E-state index contributed by atoms with van der Waals surface area (Å²) in [5.74, 6) is -1.17. The number of benzene rings is 2. The minimum atomic E-state index is -0.597. The van der Waals surface area contributed by atoms with E-state index in [1.165, 1.54) is 12.1 Å². The lowest BCUT2D eigenvalue weighted by Gasteiger charge is -2.34. The van der Waals surface area contributed by atoms with Crippen molar-refractivity contribution in [3.8, 4) is 0 Å². The molecule has 1 fully saturated rings. The number of nitrogens with one attached hydrogen (secondary N) is 1. The number of carbonyl (C=O) groups is 2. The Labute approximate surface area is 182 Å². The molecule has 2 aromatic carbocycles. The predicted molar refractivity (Wildman–Crippen MR) is 116 cm³/mol. The molecule has 31 heavy (non-hydrogen) atoms. The molecule has 6 nitrogen and oxygen atoms in total. The number of aliphatic hydroxyl groups is 1. The Balaban J connectivity index is 1.67. The predicted octanol–water partition coefficient (Wildman–Crippen LogP) is 3.75. The second-order valence-corrected chi connectivity index (χ2v) is 7.71. The molecule has 0 atom stereocenters. The molecule has 7 heteroatoms. The fraction of sp³-hybridized carbons (Fsp3) is 0.417. The third-order valence-corrected chi connectivity index (χ3v) is 5.50. The summed E-state index contributed by atoms with van der Waals surface area (Å²) in [5.41, 5.74) is 1.70. The molecule has 0 radical (unpaired) electrons. The fourth-order valence-electron chi connectivity index (χ4n) is 3.89. The molecule has 166 valence electrons. The molecule has 0 unspecified atom stereocenters. The summed E-state index contributed by atoms with van der Waals surface area (Å²) in [6, 6.07) is 13.0. The van der Waals surface area contributed by atoms with Crippen molar-refractivity contribution in [1.82, 2.24) is 4.90 Å². The number of hydrogen-bond acceptors (Lipinski definition) is 5. The van der Waals surface area contributed by atoms with Crippen molar-refractivity contribution in [3.63, 3.8) is 0 Å². The SMILES string of the molecule is O=C(OCC(=O)N(Cc1ccc(F)cc1)C1CCCCC1)c1ccccc1NCCO. The summed E-state index contributed by atoms with van der Waals surface area (Å²) in [7, 11) is 0. The molecule has 1 saturated carbocycles. The number of hydrogen-bond donors (Lipinski definition) is 2. The number of anilines is 1. The van der Waals surface area contributed by atoms with Gasteiger partial charge >= 0.3 is 5.97 Å². The van der Waals surface area contributed by atoms with Crippen LogP contribution in [0, 0.1) is 5.82 Å². The zero-order valence-electron chi connectivity index (χ0n) is 17.6. The standard InChI is InChI=1S/C24H29FN2O4/c25-19-12-10-18(11-13-19)16-27(20-6-2-1-3-7-20)23(29)17-31-24(30)21-8-4-5-9-22(21)26-14-15-28/h4-5,8-13,20,26,28H,1-3,6-7,14-17H2. The molecule has 0 bridgehead atoms. The van der Waals surface area contributed by atoms with E-state index in [0.29, 0.717) is 24.3 Å². The Morgan fingerprint density at radius 3 is 2.48 bits per heavy atom. The number of rotatable bonds is 9. The molecular formula is C24H29FN2O4. The van der Waals surface area contributed by atoms with Crippen molar-refractivity contribution in [1.29, 1.82) is 0 Å². The van der Waals surface area contributed by atoms with E-state index in [-0.39, 0.29) is 31.0 Å². The highest BCUT2D eigenvalue weighted by molar-refractivity contribution is 5.96. The summed E-state index contributed by atoms with van der Waals surface area (Å²) in [4.78, 5) is 27.4. The number of nitrogens with zero attached hydrogens (tertiary/aromatic N) is 1. The molecule has 0 aliphatic heterocycles. The van der Waals surface area contributed by atoms with E-state index in [2.05, 4.69) is 5.32 Å². The Bertz CT molecular complexity index is 866. The summed E-state index contributed by atoms with van der Waals surface area (Å²) >= 11 is 0. The van der Waals surface area contributed by atoms with Crippen LogP contribution < -0.4 is 5.32 Å². The third-order valence-electron chi connectivity index (χ3n) is 5.50. The van der Waals surface area contributed by atoms with Crippen molar-refractivity contribution in [2.24, 2.45) is 0 Å². The highest BCUT2D eigenvalue weighted by Gasteiger charge is 2.26. The molecule has 0 heterocycles. The molecule has 0 saturated heterocycles. The van der Waals surface area contributed by atoms with Crippen LogP contribution in [0.25, 0.3) is 0 Å². The zero-order chi connectivity index (χ0) is 22.1. The topological polar surface area (TPSA) is 78.9 Å². The molecule has 1 aliphatic carbocycles. The first-order valence-corrected chi connectivity index (χ1v) is 10.7. The highest BCUT2D eigenvalue weighted by Crippen LogP contribution is 2.25. The zero-order valence-corrected chi connectivity index (χ0v) is 17.6. The first-order valence-electron chi connectivity index (χ1n) is 10.7. The van der Waals surface area contributed by atoms with E-state index in [9.17, 15) is 14.0 Å². The van der Waals surface area contributed by atoms with Crippen LogP contribution in [0.5, 0.6) is 0 Å². The number of esters is 1. The van der Waals surface area contributed by atoms with Gasteiger partial charge in [-0.1, -0.05) is 43.5 Å². The van der Waals surface area contributed by atoms with Crippen LogP contribution in [0.4, 0.5) is 10.1 Å². The normalized spacial score (nSPS) is 14.1. The third kappa shape index (κ3) is 6.52. The van der Waals surface area contributed by atoms with E-state index < -0.39 is 5.97 Å². The van der Waals surface area contributed by atoms with Crippen LogP contribution in [0.1, 0.15) is 48.0 Å². The molecule has 1 amide bonds. The average molecular weight is 429 g/mol. The summed E-state index contributed by atoms with van der Waals surface area (Å²) < 4.78 is 18.6. The monoisotopic (exact) mass is 428 g/mol. The van der Waals surface area contributed by atoms with Crippen LogP contribution in [0.3, 0.4) is 0 Å². The number of halogens is 1. The summed E-state index contributed by atoms with van der Waals surface area (Å²) in [5, 5.41) is 12.0. The minimum absolute atomic E-state index is 0.0679. The lowest BCUT2D eigenvalue weighted by atomic mass is 9.93. The van der Waals surface area contributed by atoms with Crippen LogP contribution in [-0.2, 0) is 16.1 Å². The van der Waals surface area contributed by atoms with Crippen molar-refractivity contribution >= 4 is 17.6 Å². The Morgan fingerprint density at radius 2 is 1.77 bits per heavy atom. The van der Waals surface area contributed by atoms with Gasteiger partial charge in [0.1, 0.15) is 5.82 Å². The fourth-order valence-corrected chi connectivity index (χ4v) is 3.89. The molecule has 0 aromatic heterocycles. The largest absolute Gasteiger partial charge is 0.452 e. The van der Waals surface area contributed by atoms with Gasteiger partial charge in [0.25, 0.3) is 5.91 Å². The minimum Gasteiger partial charge on any atom is -0.452 e. The van der Waals surface area contributed by atoms with E-state index in [4.69, 9.17) is 9.84 Å². The van der Waals surface area contributed by atoms with Crippen LogP contribution in [0.15, 0.2) is 48.5 Å². The molecular weight excluding hydrogens is 399 g/mol. The van der Waals surface area contributed by atoms with Gasteiger partial charge in [-0.3, -0.25) is 4.79 Å². The van der Waals surface area contributed by atoms with E-state index >= 15 is 0 Å². The van der Waals surface area contributed by atoms with Gasteiger partial charge in [-0.2, -0.15) is 0 Å². The van der Waals surface area contributed by atoms with Gasteiger partial charge in [-0.05, 0) is 42.7 Å². The molecule has 1 aliphatic rings. The maximum atomic E-state index is 13.3. The van der Waals surface area contributed by atoms with Gasteiger partial charge in [0, 0.05) is 24.8 Å². The average Bonchev–Trinajstić information content (AvgIpc) is 2.81. The Morgan fingerprint density at radius 1 is 1.06 bits per heavy atom. The van der Waals surface area contributed by atoms with E-state index in [1.807, 2.05) is 0 Å².